The molecule has 0 spiro atoms. The molecule has 1 aliphatic rings. The minimum Gasteiger partial charge on any atom is -0.439 e. The highest BCUT2D eigenvalue weighted by Crippen LogP contribution is 2.37. The van der Waals surface area contributed by atoms with Crippen LogP contribution in [-0.2, 0) is 17.5 Å². The molecule has 0 saturated carbocycles. The second-order valence-corrected chi connectivity index (χ2v) is 7.33. The van der Waals surface area contributed by atoms with Gasteiger partial charge >= 0.3 is 18.3 Å². The lowest BCUT2D eigenvalue weighted by Gasteiger charge is -2.20. The van der Waals surface area contributed by atoms with Crippen LogP contribution in [0.2, 0.25) is 0 Å². The first-order valence-corrected chi connectivity index (χ1v) is 9.63. The third kappa shape index (κ3) is 4.08. The summed E-state index contributed by atoms with van der Waals surface area (Å²) in [6.07, 6.45) is -5.40. The predicted molar refractivity (Wildman–Crippen MR) is 106 cm³/mol. The van der Waals surface area contributed by atoms with E-state index in [2.05, 4.69) is 10.3 Å². The zero-order valence-corrected chi connectivity index (χ0v) is 16.7. The number of imide groups is 1. The first kappa shape index (κ1) is 21.5. The van der Waals surface area contributed by atoms with Crippen LogP contribution in [0.1, 0.15) is 29.7 Å². The number of urea groups is 1. The van der Waals surface area contributed by atoms with E-state index < -0.39 is 41.8 Å². The normalized spacial score (nSPS) is 18.7. The van der Waals surface area contributed by atoms with Crippen molar-refractivity contribution in [2.45, 2.75) is 31.8 Å². The average molecular weight is 447 g/mol. The largest absolute Gasteiger partial charge is 0.439 e. The van der Waals surface area contributed by atoms with Crippen molar-refractivity contribution in [3.05, 3.63) is 77.2 Å². The Morgan fingerprint density at radius 3 is 2.72 bits per heavy atom. The number of fused-ring (bicyclic) bond motifs is 1. The zero-order chi connectivity index (χ0) is 23.0. The van der Waals surface area contributed by atoms with Gasteiger partial charge < -0.3 is 10.1 Å². The van der Waals surface area contributed by atoms with Crippen LogP contribution in [0.3, 0.4) is 0 Å². The highest BCUT2D eigenvalue weighted by Gasteiger charge is 2.44. The standard InChI is InChI=1S/C22H17F4N3O3/c1-12-19(14-8-15(22(24,25)26)10-16(23)9-14)32-21(31)29(12)20(30)28-11-13-4-2-6-18-17(13)5-3-7-27-18/h2-10,12,19H,11H2,1H3,(H,28,30)/t12-,19-/m0/s1. The number of alkyl halides is 3. The number of pyridine rings is 1. The SMILES string of the molecule is C[C@H]1[C@@H](c2cc(F)cc(C(F)(F)F)c2)OC(=O)N1C(=O)NCc1cccc2ncccc12. The summed E-state index contributed by atoms with van der Waals surface area (Å²) in [5.74, 6) is -1.12. The van der Waals surface area contributed by atoms with Gasteiger partial charge in [-0.15, -0.1) is 0 Å². The van der Waals surface area contributed by atoms with E-state index in [0.29, 0.717) is 12.1 Å². The highest BCUT2D eigenvalue weighted by atomic mass is 19.4. The van der Waals surface area contributed by atoms with Crippen molar-refractivity contribution in [2.75, 3.05) is 0 Å². The number of hydrogen-bond acceptors (Lipinski definition) is 4. The topological polar surface area (TPSA) is 71.5 Å². The molecule has 6 nitrogen and oxygen atoms in total. The van der Waals surface area contributed by atoms with Gasteiger partial charge in [-0.3, -0.25) is 4.98 Å². The fourth-order valence-electron chi connectivity index (χ4n) is 3.70. The summed E-state index contributed by atoms with van der Waals surface area (Å²) in [6, 6.07) is 9.18. The Morgan fingerprint density at radius 1 is 1.19 bits per heavy atom. The molecule has 2 heterocycles. The van der Waals surface area contributed by atoms with E-state index in [1.54, 1.807) is 24.4 Å². The maximum absolute atomic E-state index is 13.8. The molecule has 3 amide bonds. The molecule has 32 heavy (non-hydrogen) atoms. The number of halogens is 4. The van der Waals surface area contributed by atoms with E-state index in [0.717, 1.165) is 27.4 Å². The first-order chi connectivity index (χ1) is 15.1. The van der Waals surface area contributed by atoms with Gasteiger partial charge in [0, 0.05) is 18.1 Å². The number of carbonyl (C=O) groups excluding carboxylic acids is 2. The summed E-state index contributed by atoms with van der Waals surface area (Å²) in [4.78, 5) is 30.0. The first-order valence-electron chi connectivity index (χ1n) is 9.63. The van der Waals surface area contributed by atoms with Crippen molar-refractivity contribution in [2.24, 2.45) is 0 Å². The Kier molecular flexibility index (Phi) is 5.45. The van der Waals surface area contributed by atoms with Crippen molar-refractivity contribution in [1.29, 1.82) is 0 Å². The van der Waals surface area contributed by atoms with Crippen molar-refractivity contribution in [3.8, 4) is 0 Å². The summed E-state index contributed by atoms with van der Waals surface area (Å²) < 4.78 is 58.0. The average Bonchev–Trinajstić information content (AvgIpc) is 3.05. The number of ether oxygens (including phenoxy) is 1. The second-order valence-electron chi connectivity index (χ2n) is 7.33. The molecule has 0 bridgehead atoms. The summed E-state index contributed by atoms with van der Waals surface area (Å²) in [5.41, 5.74) is 0.109. The van der Waals surface area contributed by atoms with Gasteiger partial charge in [-0.1, -0.05) is 18.2 Å². The maximum atomic E-state index is 13.8. The fraction of sp³-hybridized carbons (Fsp3) is 0.227. The van der Waals surface area contributed by atoms with Crippen LogP contribution in [-0.4, -0.2) is 28.1 Å². The maximum Gasteiger partial charge on any atom is 0.419 e. The molecule has 166 valence electrons. The number of benzene rings is 2. The van der Waals surface area contributed by atoms with Gasteiger partial charge in [0.25, 0.3) is 0 Å². The predicted octanol–water partition coefficient (Wildman–Crippen LogP) is 5.18. The Hall–Kier alpha value is -3.69. The third-order valence-corrected chi connectivity index (χ3v) is 5.23. The highest BCUT2D eigenvalue weighted by molar-refractivity contribution is 5.93. The molecule has 4 rings (SSSR count). The van der Waals surface area contributed by atoms with Crippen molar-refractivity contribution < 1.29 is 31.9 Å². The third-order valence-electron chi connectivity index (χ3n) is 5.23. The lowest BCUT2D eigenvalue weighted by molar-refractivity contribution is -0.137. The van der Waals surface area contributed by atoms with Crippen LogP contribution in [0.15, 0.2) is 54.7 Å². The quantitative estimate of drug-likeness (QED) is 0.562. The van der Waals surface area contributed by atoms with Gasteiger partial charge in [0.2, 0.25) is 0 Å². The Morgan fingerprint density at radius 2 is 1.97 bits per heavy atom. The number of aromatic nitrogens is 1. The lowest BCUT2D eigenvalue weighted by atomic mass is 10.0. The summed E-state index contributed by atoms with van der Waals surface area (Å²) in [5, 5.41) is 3.44. The monoisotopic (exact) mass is 447 g/mol. The van der Waals surface area contributed by atoms with Crippen LogP contribution >= 0.6 is 0 Å². The van der Waals surface area contributed by atoms with Gasteiger partial charge in [0.15, 0.2) is 0 Å². The zero-order valence-electron chi connectivity index (χ0n) is 16.7. The summed E-state index contributed by atoms with van der Waals surface area (Å²) in [6.45, 7) is 1.52. The number of hydrogen-bond donors (Lipinski definition) is 1. The molecule has 1 aromatic heterocycles. The minimum absolute atomic E-state index is 0.0845. The van der Waals surface area contributed by atoms with Crippen LogP contribution in [0.4, 0.5) is 27.2 Å². The second kappa shape index (κ2) is 8.10. The fourth-order valence-corrected chi connectivity index (χ4v) is 3.70. The number of amides is 3. The van der Waals surface area contributed by atoms with Gasteiger partial charge in [0.1, 0.15) is 11.9 Å². The molecular formula is C22H17F4N3O3. The van der Waals surface area contributed by atoms with Crippen molar-refractivity contribution >= 4 is 23.0 Å². The molecule has 0 radical (unpaired) electrons. The van der Waals surface area contributed by atoms with E-state index in [9.17, 15) is 27.2 Å². The number of nitrogens with zero attached hydrogens (tertiary/aromatic N) is 2. The summed E-state index contributed by atoms with van der Waals surface area (Å²) in [7, 11) is 0. The Balaban J connectivity index is 1.52. The molecule has 1 saturated heterocycles. The molecule has 10 heteroatoms. The van der Waals surface area contributed by atoms with Gasteiger partial charge in [0.05, 0.1) is 17.1 Å². The van der Waals surface area contributed by atoms with Crippen LogP contribution in [0.25, 0.3) is 10.9 Å². The molecule has 2 aromatic carbocycles. The molecule has 1 aliphatic heterocycles. The molecule has 0 unspecified atom stereocenters. The van der Waals surface area contributed by atoms with Gasteiger partial charge in [-0.25, -0.2) is 18.9 Å². The Bertz CT molecular complexity index is 1190. The van der Waals surface area contributed by atoms with Crippen molar-refractivity contribution in [1.82, 2.24) is 15.2 Å². The van der Waals surface area contributed by atoms with E-state index >= 15 is 0 Å². The molecule has 1 N–H and O–H groups in total. The molecular weight excluding hydrogens is 430 g/mol. The van der Waals surface area contributed by atoms with E-state index in [-0.39, 0.29) is 12.1 Å². The molecule has 0 aliphatic carbocycles. The molecule has 3 aromatic rings. The van der Waals surface area contributed by atoms with E-state index in [4.69, 9.17) is 4.74 Å². The molecule has 1 fully saturated rings. The molecule has 2 atom stereocenters. The van der Waals surface area contributed by atoms with E-state index in [1.165, 1.54) is 6.92 Å². The van der Waals surface area contributed by atoms with Crippen LogP contribution < -0.4 is 5.32 Å². The van der Waals surface area contributed by atoms with Crippen molar-refractivity contribution in [3.63, 3.8) is 0 Å². The number of nitrogens with one attached hydrogen (secondary N) is 1. The smallest absolute Gasteiger partial charge is 0.419 e. The number of rotatable bonds is 3. The van der Waals surface area contributed by atoms with Gasteiger partial charge in [-0.05, 0) is 48.4 Å². The lowest BCUT2D eigenvalue weighted by Crippen LogP contribution is -2.44. The summed E-state index contributed by atoms with van der Waals surface area (Å²) >= 11 is 0. The minimum atomic E-state index is -4.77. The van der Waals surface area contributed by atoms with E-state index in [1.807, 2.05) is 12.1 Å². The number of cyclic esters (lactones) is 1. The number of carbonyl (C=O) groups is 2. The Labute approximate surface area is 179 Å². The van der Waals surface area contributed by atoms with Crippen LogP contribution in [0, 0.1) is 5.82 Å². The van der Waals surface area contributed by atoms with Crippen LogP contribution in [0.5, 0.6) is 0 Å². The van der Waals surface area contributed by atoms with Gasteiger partial charge in [-0.2, -0.15) is 13.2 Å².